The van der Waals surface area contributed by atoms with Gasteiger partial charge < -0.3 is 15.3 Å². The van der Waals surface area contributed by atoms with E-state index < -0.39 is 0 Å². The van der Waals surface area contributed by atoms with E-state index in [1.807, 2.05) is 53.7 Å². The molecular weight excluding hydrogens is 376 g/mol. The van der Waals surface area contributed by atoms with Crippen molar-refractivity contribution in [1.82, 2.24) is 10.2 Å². The Morgan fingerprint density at radius 2 is 1.37 bits per heavy atom. The molecular formula is C25H34N2O3. The number of phenolic OH excluding ortho intramolecular Hbond substituents is 1. The number of hydrogen-bond acceptors (Lipinski definition) is 3. The number of hydrogen-bond donors (Lipinski definition) is 2. The van der Waals surface area contributed by atoms with E-state index in [9.17, 15) is 14.7 Å². The number of nitrogens with one attached hydrogen (secondary N) is 1. The molecule has 0 aliphatic carbocycles. The highest BCUT2D eigenvalue weighted by atomic mass is 16.3. The van der Waals surface area contributed by atoms with E-state index in [4.69, 9.17) is 0 Å². The second-order valence-corrected chi connectivity index (χ2v) is 9.86. The van der Waals surface area contributed by atoms with Gasteiger partial charge in [-0.15, -0.1) is 0 Å². The van der Waals surface area contributed by atoms with Crippen LogP contribution in [0.15, 0.2) is 36.4 Å². The highest BCUT2D eigenvalue weighted by Gasteiger charge is 2.28. The van der Waals surface area contributed by atoms with Gasteiger partial charge in [0.1, 0.15) is 5.75 Å². The van der Waals surface area contributed by atoms with Crippen LogP contribution in [0.3, 0.4) is 0 Å². The van der Waals surface area contributed by atoms with Crippen molar-refractivity contribution in [2.75, 3.05) is 14.1 Å². The highest BCUT2D eigenvalue weighted by molar-refractivity contribution is 5.95. The molecule has 0 aliphatic rings. The zero-order chi connectivity index (χ0) is 22.9. The summed E-state index contributed by atoms with van der Waals surface area (Å²) in [5.74, 6) is 0.0138. The molecule has 0 aromatic heterocycles. The number of rotatable bonds is 4. The fraction of sp³-hybridized carbons (Fsp3) is 0.440. The molecule has 0 atom stereocenters. The largest absolute Gasteiger partial charge is 0.507 e. The van der Waals surface area contributed by atoms with Crippen LogP contribution in [-0.2, 0) is 17.4 Å². The third-order valence-corrected chi connectivity index (χ3v) is 5.18. The summed E-state index contributed by atoms with van der Waals surface area (Å²) >= 11 is 0. The van der Waals surface area contributed by atoms with Crippen LogP contribution in [0.4, 0.5) is 0 Å². The van der Waals surface area contributed by atoms with Gasteiger partial charge in [0.05, 0.1) is 0 Å². The van der Waals surface area contributed by atoms with Gasteiger partial charge in [-0.05, 0) is 40.7 Å². The van der Waals surface area contributed by atoms with Gasteiger partial charge in [-0.25, -0.2) is 0 Å². The third kappa shape index (κ3) is 5.21. The van der Waals surface area contributed by atoms with Gasteiger partial charge >= 0.3 is 0 Å². The second kappa shape index (κ2) is 8.50. The van der Waals surface area contributed by atoms with Crippen molar-refractivity contribution in [2.24, 2.45) is 0 Å². The standard InChI is InChI=1S/C25H34N2O3/c1-24(2,3)19-13-18(14-20(21(19)28)25(4,5)6)23(30)27(8)15-16-9-11-17(12-10-16)22(29)26-7/h9-14,28H,15H2,1-8H3,(H,26,29). The number of nitrogens with zero attached hydrogens (tertiary/aromatic N) is 1. The van der Waals surface area contributed by atoms with Gasteiger partial charge in [0, 0.05) is 42.9 Å². The molecule has 0 spiro atoms. The molecule has 0 heterocycles. The van der Waals surface area contributed by atoms with Gasteiger partial charge in [0.2, 0.25) is 0 Å². The maximum atomic E-state index is 13.2. The summed E-state index contributed by atoms with van der Waals surface area (Å²) in [6.07, 6.45) is 0. The van der Waals surface area contributed by atoms with Gasteiger partial charge in [0.25, 0.3) is 11.8 Å². The predicted molar refractivity (Wildman–Crippen MR) is 121 cm³/mol. The number of carbonyl (C=O) groups excluding carboxylic acids is 2. The summed E-state index contributed by atoms with van der Waals surface area (Å²) in [6.45, 7) is 12.6. The molecule has 5 heteroatoms. The first-order valence-corrected chi connectivity index (χ1v) is 10.2. The van der Waals surface area contributed by atoms with Crippen LogP contribution in [0.1, 0.15) is 78.9 Å². The Bertz CT molecular complexity index is 897. The first-order valence-electron chi connectivity index (χ1n) is 10.2. The maximum Gasteiger partial charge on any atom is 0.253 e. The molecule has 0 saturated carbocycles. The van der Waals surface area contributed by atoms with Crippen LogP contribution in [0.25, 0.3) is 0 Å². The monoisotopic (exact) mass is 410 g/mol. The molecule has 162 valence electrons. The molecule has 2 aromatic carbocycles. The molecule has 2 N–H and O–H groups in total. The van der Waals surface area contributed by atoms with Crippen LogP contribution in [0.2, 0.25) is 0 Å². The van der Waals surface area contributed by atoms with E-state index in [1.54, 1.807) is 43.3 Å². The van der Waals surface area contributed by atoms with Crippen LogP contribution in [-0.4, -0.2) is 35.9 Å². The van der Waals surface area contributed by atoms with Crippen LogP contribution < -0.4 is 5.32 Å². The average Bonchev–Trinajstić information content (AvgIpc) is 2.65. The Labute approximate surface area is 180 Å². The van der Waals surface area contributed by atoms with Gasteiger partial charge in [-0.1, -0.05) is 53.7 Å². The number of amides is 2. The van der Waals surface area contributed by atoms with Gasteiger partial charge in [-0.3, -0.25) is 9.59 Å². The molecule has 0 saturated heterocycles. The topological polar surface area (TPSA) is 69.6 Å². The van der Waals surface area contributed by atoms with Crippen molar-refractivity contribution >= 4 is 11.8 Å². The van der Waals surface area contributed by atoms with Crippen molar-refractivity contribution in [2.45, 2.75) is 58.9 Å². The summed E-state index contributed by atoms with van der Waals surface area (Å²) in [5.41, 5.74) is 3.02. The normalized spacial score (nSPS) is 11.9. The number of phenols is 1. The lowest BCUT2D eigenvalue weighted by atomic mass is 9.78. The summed E-state index contributed by atoms with van der Waals surface area (Å²) in [7, 11) is 3.35. The second-order valence-electron chi connectivity index (χ2n) is 9.86. The molecule has 2 amide bonds. The number of benzene rings is 2. The quantitative estimate of drug-likeness (QED) is 0.773. The minimum Gasteiger partial charge on any atom is -0.507 e. The smallest absolute Gasteiger partial charge is 0.253 e. The summed E-state index contributed by atoms with van der Waals surface area (Å²) in [5, 5.41) is 13.5. The van der Waals surface area contributed by atoms with E-state index in [1.165, 1.54) is 0 Å². The maximum absolute atomic E-state index is 13.2. The molecule has 5 nitrogen and oxygen atoms in total. The molecule has 0 aliphatic heterocycles. The highest BCUT2D eigenvalue weighted by Crippen LogP contribution is 2.40. The van der Waals surface area contributed by atoms with Crippen LogP contribution in [0.5, 0.6) is 5.75 Å². The molecule has 0 bridgehead atoms. The lowest BCUT2D eigenvalue weighted by Gasteiger charge is -2.29. The summed E-state index contributed by atoms with van der Waals surface area (Å²) in [4.78, 5) is 26.6. The van der Waals surface area contributed by atoms with Gasteiger partial charge in [0.15, 0.2) is 0 Å². The van der Waals surface area contributed by atoms with Crippen molar-refractivity contribution in [1.29, 1.82) is 0 Å². The summed E-state index contributed by atoms with van der Waals surface area (Å²) in [6, 6.07) is 10.8. The average molecular weight is 411 g/mol. The van der Waals surface area contributed by atoms with Crippen molar-refractivity contribution in [3.8, 4) is 5.75 Å². The van der Waals surface area contributed by atoms with Gasteiger partial charge in [-0.2, -0.15) is 0 Å². The lowest BCUT2D eigenvalue weighted by Crippen LogP contribution is -2.28. The Morgan fingerprint density at radius 3 is 1.77 bits per heavy atom. The minimum absolute atomic E-state index is 0.110. The Hall–Kier alpha value is -2.82. The number of carbonyl (C=O) groups is 2. The molecule has 2 rings (SSSR count). The first kappa shape index (κ1) is 23.5. The Kier molecular flexibility index (Phi) is 6.65. The molecule has 30 heavy (non-hydrogen) atoms. The summed E-state index contributed by atoms with van der Waals surface area (Å²) < 4.78 is 0. The number of aromatic hydroxyl groups is 1. The fourth-order valence-corrected chi connectivity index (χ4v) is 3.37. The Balaban J connectivity index is 2.36. The third-order valence-electron chi connectivity index (χ3n) is 5.18. The van der Waals surface area contributed by atoms with Crippen molar-refractivity contribution in [3.63, 3.8) is 0 Å². The Morgan fingerprint density at radius 1 is 0.900 bits per heavy atom. The van der Waals surface area contributed by atoms with E-state index in [2.05, 4.69) is 5.32 Å². The fourth-order valence-electron chi connectivity index (χ4n) is 3.37. The van der Waals surface area contributed by atoms with E-state index in [-0.39, 0.29) is 28.4 Å². The van der Waals surface area contributed by atoms with Crippen LogP contribution in [0, 0.1) is 0 Å². The molecule has 0 radical (unpaired) electrons. The van der Waals surface area contributed by atoms with Crippen molar-refractivity contribution < 1.29 is 14.7 Å². The SMILES string of the molecule is CNC(=O)c1ccc(CN(C)C(=O)c2cc(C(C)(C)C)c(O)c(C(C)(C)C)c2)cc1. The van der Waals surface area contributed by atoms with Crippen molar-refractivity contribution in [3.05, 3.63) is 64.2 Å². The molecule has 2 aromatic rings. The first-order chi connectivity index (χ1) is 13.8. The zero-order valence-electron chi connectivity index (χ0n) is 19.4. The lowest BCUT2D eigenvalue weighted by molar-refractivity contribution is 0.0784. The molecule has 0 fully saturated rings. The van der Waals surface area contributed by atoms with E-state index in [0.29, 0.717) is 17.7 Å². The van der Waals surface area contributed by atoms with E-state index in [0.717, 1.165) is 16.7 Å². The van der Waals surface area contributed by atoms with E-state index >= 15 is 0 Å². The zero-order valence-corrected chi connectivity index (χ0v) is 19.4. The predicted octanol–water partition coefficient (Wildman–Crippen LogP) is 4.62. The molecule has 0 unspecified atom stereocenters. The van der Waals surface area contributed by atoms with Crippen LogP contribution >= 0.6 is 0 Å². The minimum atomic E-state index is -0.297.